The van der Waals surface area contributed by atoms with Gasteiger partial charge in [-0.3, -0.25) is 4.79 Å². The van der Waals surface area contributed by atoms with Crippen molar-refractivity contribution in [3.63, 3.8) is 0 Å². The molecule has 0 saturated heterocycles. The third-order valence-corrected chi connectivity index (χ3v) is 5.34. The molecule has 0 heterocycles. The molecule has 0 aliphatic rings. The molecule has 0 unspecified atom stereocenters. The summed E-state index contributed by atoms with van der Waals surface area (Å²) in [6.07, 6.45) is 1.22. The minimum Gasteiger partial charge on any atom is -0.326 e. The van der Waals surface area contributed by atoms with Crippen LogP contribution >= 0.6 is 11.6 Å². The van der Waals surface area contributed by atoms with Gasteiger partial charge < -0.3 is 5.32 Å². The summed E-state index contributed by atoms with van der Waals surface area (Å²) in [4.78, 5) is 12.2. The molecule has 1 N–H and O–H groups in total. The van der Waals surface area contributed by atoms with Crippen molar-refractivity contribution in [1.82, 2.24) is 4.31 Å². The topological polar surface area (TPSA) is 66.5 Å². The molecule has 2 rings (SSSR count). The van der Waals surface area contributed by atoms with Crippen LogP contribution in [0.15, 0.2) is 42.5 Å². The summed E-state index contributed by atoms with van der Waals surface area (Å²) in [5, 5.41) is 3.41. The van der Waals surface area contributed by atoms with Gasteiger partial charge in [0, 0.05) is 30.2 Å². The Morgan fingerprint density at radius 2 is 1.65 bits per heavy atom. The first-order valence-corrected chi connectivity index (χ1v) is 10.4. The molecule has 0 spiro atoms. The highest BCUT2D eigenvalue weighted by Crippen LogP contribution is 2.16. The molecule has 2 aromatic rings. The molecular formula is C19H23ClN2O3S. The Bertz CT molecular complexity index is 860. The van der Waals surface area contributed by atoms with E-state index in [0.717, 1.165) is 28.6 Å². The molecule has 0 bridgehead atoms. The second-order valence-electron chi connectivity index (χ2n) is 6.40. The van der Waals surface area contributed by atoms with Crippen LogP contribution in [0.1, 0.15) is 23.1 Å². The molecule has 2 aromatic carbocycles. The SMILES string of the molecule is Cc1cc(C)cc(NC(=O)CCN(Cc2ccc(Cl)cc2)S(C)(=O)=O)c1. The summed E-state index contributed by atoms with van der Waals surface area (Å²) in [6, 6.07) is 12.8. The maximum atomic E-state index is 12.2. The quantitative estimate of drug-likeness (QED) is 0.777. The molecule has 0 aliphatic carbocycles. The van der Waals surface area contributed by atoms with Gasteiger partial charge in [0.2, 0.25) is 15.9 Å². The van der Waals surface area contributed by atoms with E-state index in [2.05, 4.69) is 5.32 Å². The van der Waals surface area contributed by atoms with Gasteiger partial charge in [0.15, 0.2) is 0 Å². The highest BCUT2D eigenvalue weighted by molar-refractivity contribution is 7.88. The van der Waals surface area contributed by atoms with E-state index in [1.165, 1.54) is 4.31 Å². The number of nitrogens with one attached hydrogen (secondary N) is 1. The van der Waals surface area contributed by atoms with Crippen LogP contribution in [0, 0.1) is 13.8 Å². The van der Waals surface area contributed by atoms with Gasteiger partial charge in [-0.1, -0.05) is 29.8 Å². The van der Waals surface area contributed by atoms with Crippen molar-refractivity contribution in [2.45, 2.75) is 26.8 Å². The van der Waals surface area contributed by atoms with E-state index in [1.807, 2.05) is 32.0 Å². The van der Waals surface area contributed by atoms with E-state index in [9.17, 15) is 13.2 Å². The zero-order chi connectivity index (χ0) is 19.3. The van der Waals surface area contributed by atoms with Crippen LogP contribution in [-0.2, 0) is 21.4 Å². The van der Waals surface area contributed by atoms with E-state index < -0.39 is 10.0 Å². The van der Waals surface area contributed by atoms with E-state index in [0.29, 0.717) is 5.02 Å². The van der Waals surface area contributed by atoms with Crippen molar-refractivity contribution in [3.05, 3.63) is 64.2 Å². The first kappa shape index (κ1) is 20.4. The normalized spacial score (nSPS) is 11.6. The molecule has 0 radical (unpaired) electrons. The van der Waals surface area contributed by atoms with Gasteiger partial charge in [0.05, 0.1) is 6.26 Å². The molecule has 0 aromatic heterocycles. The molecule has 7 heteroatoms. The molecular weight excluding hydrogens is 372 g/mol. The number of sulfonamides is 1. The van der Waals surface area contributed by atoms with Gasteiger partial charge in [-0.2, -0.15) is 4.31 Å². The number of halogens is 1. The fourth-order valence-corrected chi connectivity index (χ4v) is 3.58. The predicted octanol–water partition coefficient (Wildman–Crippen LogP) is 3.75. The monoisotopic (exact) mass is 394 g/mol. The molecule has 140 valence electrons. The minimum atomic E-state index is -3.43. The Hall–Kier alpha value is -1.89. The minimum absolute atomic E-state index is 0.0770. The number of carbonyl (C=O) groups is 1. The Morgan fingerprint density at radius 3 is 2.19 bits per heavy atom. The third kappa shape index (κ3) is 6.44. The number of rotatable bonds is 7. The van der Waals surface area contributed by atoms with Crippen LogP contribution in [0.3, 0.4) is 0 Å². The predicted molar refractivity (Wildman–Crippen MR) is 106 cm³/mol. The summed E-state index contributed by atoms with van der Waals surface area (Å²) in [5.74, 6) is -0.222. The smallest absolute Gasteiger partial charge is 0.225 e. The second-order valence-corrected chi connectivity index (χ2v) is 8.82. The highest BCUT2D eigenvalue weighted by atomic mass is 35.5. The van der Waals surface area contributed by atoms with E-state index in [-0.39, 0.29) is 25.4 Å². The first-order chi connectivity index (χ1) is 12.1. The van der Waals surface area contributed by atoms with Crippen LogP contribution in [0.2, 0.25) is 5.02 Å². The first-order valence-electron chi connectivity index (χ1n) is 8.21. The number of aryl methyl sites for hydroxylation is 2. The van der Waals surface area contributed by atoms with Gasteiger partial charge in [0.25, 0.3) is 0 Å². The van der Waals surface area contributed by atoms with Crippen molar-refractivity contribution >= 4 is 33.2 Å². The van der Waals surface area contributed by atoms with Crippen molar-refractivity contribution in [2.24, 2.45) is 0 Å². The van der Waals surface area contributed by atoms with Crippen LogP contribution < -0.4 is 5.32 Å². The Morgan fingerprint density at radius 1 is 1.08 bits per heavy atom. The summed E-state index contributed by atoms with van der Waals surface area (Å²) >= 11 is 5.86. The lowest BCUT2D eigenvalue weighted by Gasteiger charge is -2.20. The fraction of sp³-hybridized carbons (Fsp3) is 0.316. The summed E-state index contributed by atoms with van der Waals surface area (Å²) in [7, 11) is -3.43. The number of benzene rings is 2. The van der Waals surface area contributed by atoms with E-state index in [4.69, 9.17) is 11.6 Å². The highest BCUT2D eigenvalue weighted by Gasteiger charge is 2.18. The van der Waals surface area contributed by atoms with E-state index >= 15 is 0 Å². The number of amides is 1. The number of hydrogen-bond acceptors (Lipinski definition) is 3. The van der Waals surface area contributed by atoms with E-state index in [1.54, 1.807) is 24.3 Å². The lowest BCUT2D eigenvalue weighted by Crippen LogP contribution is -2.32. The fourth-order valence-electron chi connectivity index (χ4n) is 2.65. The van der Waals surface area contributed by atoms with Crippen molar-refractivity contribution in [2.75, 3.05) is 18.1 Å². The maximum absolute atomic E-state index is 12.2. The number of nitrogens with zero attached hydrogens (tertiary/aromatic N) is 1. The Labute approximate surface area is 160 Å². The average molecular weight is 395 g/mol. The van der Waals surface area contributed by atoms with Crippen LogP contribution in [0.5, 0.6) is 0 Å². The van der Waals surface area contributed by atoms with Crippen molar-refractivity contribution in [3.8, 4) is 0 Å². The Kier molecular flexibility index (Phi) is 6.81. The zero-order valence-electron chi connectivity index (χ0n) is 15.1. The summed E-state index contributed by atoms with van der Waals surface area (Å²) in [6.45, 7) is 4.23. The van der Waals surface area contributed by atoms with Gasteiger partial charge in [-0.15, -0.1) is 0 Å². The largest absolute Gasteiger partial charge is 0.326 e. The van der Waals surface area contributed by atoms with Gasteiger partial charge >= 0.3 is 0 Å². The summed E-state index contributed by atoms with van der Waals surface area (Å²) in [5.41, 5.74) is 3.65. The second kappa shape index (κ2) is 8.66. The number of hydrogen-bond donors (Lipinski definition) is 1. The molecule has 0 saturated carbocycles. The average Bonchev–Trinajstić information content (AvgIpc) is 2.51. The van der Waals surface area contributed by atoms with Crippen molar-refractivity contribution < 1.29 is 13.2 Å². The van der Waals surface area contributed by atoms with Gasteiger partial charge in [-0.25, -0.2) is 8.42 Å². The van der Waals surface area contributed by atoms with Crippen LogP contribution in [0.4, 0.5) is 5.69 Å². The van der Waals surface area contributed by atoms with Crippen molar-refractivity contribution in [1.29, 1.82) is 0 Å². The third-order valence-electron chi connectivity index (χ3n) is 3.83. The standard InChI is InChI=1S/C19H23ClN2O3S/c1-14-10-15(2)12-18(11-14)21-19(23)8-9-22(26(3,24)25)13-16-4-6-17(20)7-5-16/h4-7,10-12H,8-9,13H2,1-3H3,(H,21,23). The zero-order valence-corrected chi connectivity index (χ0v) is 16.7. The van der Waals surface area contributed by atoms with Crippen LogP contribution in [-0.4, -0.2) is 31.4 Å². The lowest BCUT2D eigenvalue weighted by molar-refractivity contribution is -0.116. The Balaban J connectivity index is 2.00. The lowest BCUT2D eigenvalue weighted by atomic mass is 10.1. The molecule has 1 amide bonds. The molecule has 0 fully saturated rings. The number of anilines is 1. The summed E-state index contributed by atoms with van der Waals surface area (Å²) < 4.78 is 25.4. The molecule has 5 nitrogen and oxygen atoms in total. The molecule has 0 aliphatic heterocycles. The molecule has 26 heavy (non-hydrogen) atoms. The van der Waals surface area contributed by atoms with Crippen LogP contribution in [0.25, 0.3) is 0 Å². The maximum Gasteiger partial charge on any atom is 0.225 e. The van der Waals surface area contributed by atoms with Gasteiger partial charge in [-0.05, 0) is 54.8 Å². The van der Waals surface area contributed by atoms with Gasteiger partial charge in [0.1, 0.15) is 0 Å². The molecule has 0 atom stereocenters. The number of carbonyl (C=O) groups excluding carboxylic acids is 1.